The summed E-state index contributed by atoms with van der Waals surface area (Å²) in [6.07, 6.45) is 0. The minimum absolute atomic E-state index is 0.00650. The van der Waals surface area contributed by atoms with Crippen molar-refractivity contribution >= 4 is 21.4 Å². The van der Waals surface area contributed by atoms with Crippen molar-refractivity contribution in [3.8, 4) is 5.75 Å². The second-order valence-corrected chi connectivity index (χ2v) is 9.59. The van der Waals surface area contributed by atoms with Gasteiger partial charge in [0.2, 0.25) is 5.91 Å². The number of sulfone groups is 1. The van der Waals surface area contributed by atoms with Crippen LogP contribution in [0.5, 0.6) is 5.75 Å². The number of piperazine rings is 1. The first kappa shape index (κ1) is 19.0. The van der Waals surface area contributed by atoms with Gasteiger partial charge in [-0.25, -0.2) is 8.42 Å². The predicted molar refractivity (Wildman–Crippen MR) is 108 cm³/mol. The first-order chi connectivity index (χ1) is 13.4. The van der Waals surface area contributed by atoms with Crippen LogP contribution in [0.1, 0.15) is 18.5 Å². The molecule has 7 heteroatoms. The smallest absolute Gasteiger partial charge is 0.241 e. The molecule has 0 aromatic heterocycles. The minimum Gasteiger partial charge on any atom is -0.497 e. The first-order valence-corrected chi connectivity index (χ1v) is 11.2. The molecule has 0 spiro atoms. The Morgan fingerprint density at radius 2 is 1.64 bits per heavy atom. The quantitative estimate of drug-likeness (QED) is 0.788. The highest BCUT2D eigenvalue weighted by Crippen LogP contribution is 2.36. The van der Waals surface area contributed by atoms with E-state index in [1.165, 1.54) is 0 Å². The van der Waals surface area contributed by atoms with E-state index in [0.717, 1.165) is 5.56 Å². The SMILES string of the molecule is COc1ccc(N2C(=O)CN([C@@H](C)c3ccccc3)[C@H]3CS(=O)(=O)C[C@H]32)cc1. The number of hydrogen-bond donors (Lipinski definition) is 0. The fourth-order valence-corrected chi connectivity index (χ4v) is 6.30. The monoisotopic (exact) mass is 400 g/mol. The number of amides is 1. The summed E-state index contributed by atoms with van der Waals surface area (Å²) in [6, 6.07) is 16.5. The molecular formula is C21H24N2O4S. The van der Waals surface area contributed by atoms with Gasteiger partial charge in [-0.05, 0) is 36.8 Å². The zero-order chi connectivity index (χ0) is 19.9. The molecule has 0 unspecified atom stereocenters. The maximum Gasteiger partial charge on any atom is 0.241 e. The summed E-state index contributed by atoms with van der Waals surface area (Å²) in [4.78, 5) is 16.8. The van der Waals surface area contributed by atoms with Crippen LogP contribution in [-0.2, 0) is 14.6 Å². The molecule has 0 radical (unpaired) electrons. The van der Waals surface area contributed by atoms with Crippen molar-refractivity contribution in [2.45, 2.75) is 25.0 Å². The van der Waals surface area contributed by atoms with Gasteiger partial charge in [-0.2, -0.15) is 0 Å². The normalized spacial score (nSPS) is 25.4. The van der Waals surface area contributed by atoms with Gasteiger partial charge in [-0.1, -0.05) is 30.3 Å². The topological polar surface area (TPSA) is 66.9 Å². The first-order valence-electron chi connectivity index (χ1n) is 9.37. The Kier molecular flexibility index (Phi) is 4.89. The third-order valence-electron chi connectivity index (χ3n) is 5.77. The highest BCUT2D eigenvalue weighted by atomic mass is 32.2. The summed E-state index contributed by atoms with van der Waals surface area (Å²) < 4.78 is 30.2. The van der Waals surface area contributed by atoms with E-state index < -0.39 is 9.84 Å². The van der Waals surface area contributed by atoms with Gasteiger partial charge in [0, 0.05) is 17.8 Å². The third-order valence-corrected chi connectivity index (χ3v) is 7.47. The van der Waals surface area contributed by atoms with Crippen LogP contribution in [0.4, 0.5) is 5.69 Å². The summed E-state index contributed by atoms with van der Waals surface area (Å²) in [5, 5.41) is 0. The molecule has 1 amide bonds. The van der Waals surface area contributed by atoms with E-state index in [1.54, 1.807) is 24.1 Å². The molecule has 148 valence electrons. The van der Waals surface area contributed by atoms with Gasteiger partial charge in [-0.3, -0.25) is 9.69 Å². The number of rotatable bonds is 4. The highest BCUT2D eigenvalue weighted by Gasteiger charge is 2.50. The lowest BCUT2D eigenvalue weighted by Gasteiger charge is -2.46. The Bertz CT molecular complexity index is 960. The molecule has 6 nitrogen and oxygen atoms in total. The van der Waals surface area contributed by atoms with E-state index in [4.69, 9.17) is 4.74 Å². The Morgan fingerprint density at radius 1 is 1.00 bits per heavy atom. The van der Waals surface area contributed by atoms with Crippen molar-refractivity contribution in [1.82, 2.24) is 4.90 Å². The lowest BCUT2D eigenvalue weighted by Crippen LogP contribution is -2.62. The molecule has 2 aromatic rings. The lowest BCUT2D eigenvalue weighted by atomic mass is 9.98. The summed E-state index contributed by atoms with van der Waals surface area (Å²) in [5.74, 6) is 0.691. The van der Waals surface area contributed by atoms with E-state index in [9.17, 15) is 13.2 Å². The summed E-state index contributed by atoms with van der Waals surface area (Å²) in [6.45, 7) is 2.23. The van der Waals surface area contributed by atoms with Gasteiger partial charge in [0.15, 0.2) is 9.84 Å². The number of benzene rings is 2. The molecule has 0 N–H and O–H groups in total. The van der Waals surface area contributed by atoms with Crippen molar-refractivity contribution in [2.75, 3.05) is 30.1 Å². The fourth-order valence-electron chi connectivity index (χ4n) is 4.33. The number of methoxy groups -OCH3 is 1. The van der Waals surface area contributed by atoms with E-state index >= 15 is 0 Å². The maximum absolute atomic E-state index is 13.1. The van der Waals surface area contributed by atoms with Crippen LogP contribution in [0.25, 0.3) is 0 Å². The molecule has 0 aliphatic carbocycles. The van der Waals surface area contributed by atoms with E-state index in [1.807, 2.05) is 54.3 Å². The molecule has 2 aromatic carbocycles. The van der Waals surface area contributed by atoms with E-state index in [-0.39, 0.29) is 42.1 Å². The minimum atomic E-state index is -3.21. The summed E-state index contributed by atoms with van der Waals surface area (Å²) >= 11 is 0. The van der Waals surface area contributed by atoms with Gasteiger partial charge < -0.3 is 9.64 Å². The number of carbonyl (C=O) groups excluding carboxylic acids is 1. The van der Waals surface area contributed by atoms with E-state index in [2.05, 4.69) is 0 Å². The molecule has 4 rings (SSSR count). The Labute approximate surface area is 165 Å². The number of fused-ring (bicyclic) bond motifs is 1. The second-order valence-electron chi connectivity index (χ2n) is 7.43. The summed E-state index contributed by atoms with van der Waals surface area (Å²) in [7, 11) is -1.63. The molecule has 2 heterocycles. The van der Waals surface area contributed by atoms with Crippen LogP contribution < -0.4 is 9.64 Å². The molecule has 28 heavy (non-hydrogen) atoms. The largest absolute Gasteiger partial charge is 0.497 e. The average Bonchev–Trinajstić information content (AvgIpc) is 3.02. The van der Waals surface area contributed by atoms with Crippen LogP contribution in [-0.4, -0.2) is 56.5 Å². The van der Waals surface area contributed by atoms with Gasteiger partial charge in [0.25, 0.3) is 0 Å². The predicted octanol–water partition coefficient (Wildman–Crippen LogP) is 2.27. The van der Waals surface area contributed by atoms with Gasteiger partial charge in [0.05, 0.1) is 31.2 Å². The zero-order valence-corrected chi connectivity index (χ0v) is 16.8. The molecule has 2 aliphatic rings. The standard InChI is InChI=1S/C21H24N2O4S/c1-15(16-6-4-3-5-7-16)22-12-21(24)23(17-8-10-18(27-2)11-9-17)20-14-28(25,26)13-19(20)22/h3-11,15,19-20H,12-14H2,1-2H3/t15-,19-,20+/m0/s1. The van der Waals surface area contributed by atoms with Crippen LogP contribution in [0, 0.1) is 0 Å². The van der Waals surface area contributed by atoms with Crippen LogP contribution in [0.2, 0.25) is 0 Å². The Hall–Kier alpha value is -2.38. The summed E-state index contributed by atoms with van der Waals surface area (Å²) in [5.41, 5.74) is 1.79. The second kappa shape index (κ2) is 7.22. The van der Waals surface area contributed by atoms with Crippen molar-refractivity contribution in [2.24, 2.45) is 0 Å². The number of carbonyl (C=O) groups is 1. The number of anilines is 1. The maximum atomic E-state index is 13.1. The van der Waals surface area contributed by atoms with E-state index in [0.29, 0.717) is 11.4 Å². The molecular weight excluding hydrogens is 376 g/mol. The van der Waals surface area contributed by atoms with Gasteiger partial charge >= 0.3 is 0 Å². The van der Waals surface area contributed by atoms with Crippen molar-refractivity contribution in [1.29, 1.82) is 0 Å². The molecule has 2 saturated heterocycles. The number of nitrogens with zero attached hydrogens (tertiary/aromatic N) is 2. The van der Waals surface area contributed by atoms with Gasteiger partial charge in [-0.15, -0.1) is 0 Å². The molecule has 0 bridgehead atoms. The number of hydrogen-bond acceptors (Lipinski definition) is 5. The molecule has 3 atom stereocenters. The fraction of sp³-hybridized carbons (Fsp3) is 0.381. The Balaban J connectivity index is 1.69. The van der Waals surface area contributed by atoms with Gasteiger partial charge in [0.1, 0.15) is 5.75 Å². The van der Waals surface area contributed by atoms with Crippen molar-refractivity contribution < 1.29 is 17.9 Å². The van der Waals surface area contributed by atoms with Crippen LogP contribution >= 0.6 is 0 Å². The third kappa shape index (κ3) is 3.40. The molecule has 2 aliphatic heterocycles. The Morgan fingerprint density at radius 3 is 2.29 bits per heavy atom. The number of ether oxygens (including phenoxy) is 1. The average molecular weight is 401 g/mol. The lowest BCUT2D eigenvalue weighted by molar-refractivity contribution is -0.124. The molecule has 2 fully saturated rings. The van der Waals surface area contributed by atoms with Crippen molar-refractivity contribution in [3.63, 3.8) is 0 Å². The molecule has 0 saturated carbocycles. The van der Waals surface area contributed by atoms with Crippen molar-refractivity contribution in [3.05, 3.63) is 60.2 Å². The van der Waals surface area contributed by atoms with Crippen LogP contribution in [0.3, 0.4) is 0 Å². The highest BCUT2D eigenvalue weighted by molar-refractivity contribution is 7.91. The van der Waals surface area contributed by atoms with Crippen LogP contribution in [0.15, 0.2) is 54.6 Å². The zero-order valence-electron chi connectivity index (χ0n) is 16.0.